The lowest BCUT2D eigenvalue weighted by Crippen LogP contribution is -2.31. The summed E-state index contributed by atoms with van der Waals surface area (Å²) in [5.74, 6) is -4.46. The van der Waals surface area contributed by atoms with Gasteiger partial charge in [0.2, 0.25) is 0 Å². The summed E-state index contributed by atoms with van der Waals surface area (Å²) in [6, 6.07) is 13.3. The maximum atomic E-state index is 15.0. The van der Waals surface area contributed by atoms with Gasteiger partial charge in [-0.15, -0.1) is 0 Å². The fourth-order valence-corrected chi connectivity index (χ4v) is 5.78. The second-order valence-corrected chi connectivity index (χ2v) is 11.1. The van der Waals surface area contributed by atoms with E-state index in [9.17, 15) is 31.9 Å². The van der Waals surface area contributed by atoms with Gasteiger partial charge in [0.1, 0.15) is 17.7 Å². The molecule has 11 heteroatoms. The van der Waals surface area contributed by atoms with Gasteiger partial charge >= 0.3 is 0 Å². The molecule has 0 fully saturated rings. The van der Waals surface area contributed by atoms with Gasteiger partial charge in [-0.2, -0.15) is 0 Å². The van der Waals surface area contributed by atoms with Crippen molar-refractivity contribution in [3.05, 3.63) is 101 Å². The highest BCUT2D eigenvalue weighted by molar-refractivity contribution is 7.90. The van der Waals surface area contributed by atoms with Gasteiger partial charge in [0.15, 0.2) is 26.5 Å². The predicted octanol–water partition coefficient (Wildman–Crippen LogP) is 4.76. The third kappa shape index (κ3) is 3.95. The molecular weight excluding hydrogens is 510 g/mol. The molecule has 1 aliphatic rings. The molecule has 5 rings (SSSR count). The molecule has 1 atom stereocenters. The van der Waals surface area contributed by atoms with Crippen LogP contribution in [0.1, 0.15) is 22.0 Å². The minimum absolute atomic E-state index is 0.00297. The number of nitrogens with zero attached hydrogens (tertiary/aromatic N) is 2. The summed E-state index contributed by atoms with van der Waals surface area (Å²) < 4.78 is 53.0. The Bertz CT molecular complexity index is 1700. The smallest absolute Gasteiger partial charge is 0.296 e. The molecule has 1 amide bonds. The highest BCUT2D eigenvalue weighted by Crippen LogP contribution is 2.45. The summed E-state index contributed by atoms with van der Waals surface area (Å²) in [6.07, 6.45) is 1.05. The molecule has 3 aromatic carbocycles. The van der Waals surface area contributed by atoms with Crippen molar-refractivity contribution in [2.45, 2.75) is 10.9 Å². The molecule has 1 unspecified atom stereocenters. The van der Waals surface area contributed by atoms with E-state index in [2.05, 4.69) is 4.98 Å². The van der Waals surface area contributed by atoms with Crippen LogP contribution in [0.4, 0.5) is 13.9 Å². The van der Waals surface area contributed by atoms with Crippen LogP contribution in [0.2, 0.25) is 0 Å². The first-order valence-electron chi connectivity index (χ1n) is 10.5. The van der Waals surface area contributed by atoms with Crippen LogP contribution >= 0.6 is 11.3 Å². The van der Waals surface area contributed by atoms with E-state index in [0.29, 0.717) is 16.3 Å². The number of aliphatic hydroxyl groups excluding tert-OH is 1. The molecule has 0 bridgehead atoms. The van der Waals surface area contributed by atoms with Crippen LogP contribution < -0.4 is 4.90 Å². The van der Waals surface area contributed by atoms with Crippen molar-refractivity contribution >= 4 is 48.2 Å². The van der Waals surface area contributed by atoms with Gasteiger partial charge < -0.3 is 5.11 Å². The van der Waals surface area contributed by atoms with Crippen LogP contribution in [0.15, 0.2) is 83.0 Å². The molecule has 1 N–H and O–H groups in total. The Morgan fingerprint density at radius 1 is 1.06 bits per heavy atom. The summed E-state index contributed by atoms with van der Waals surface area (Å²) >= 11 is 0.932. The number of anilines is 1. The number of carbonyl (C=O) groups is 2. The van der Waals surface area contributed by atoms with E-state index in [-0.39, 0.29) is 26.7 Å². The molecule has 182 valence electrons. The van der Waals surface area contributed by atoms with Crippen molar-refractivity contribution in [1.29, 1.82) is 0 Å². The first-order valence-corrected chi connectivity index (χ1v) is 13.2. The Morgan fingerprint density at radius 3 is 2.44 bits per heavy atom. The molecule has 1 aromatic heterocycles. The monoisotopic (exact) mass is 526 g/mol. The Hall–Kier alpha value is -3.96. The number of hydrogen-bond donors (Lipinski definition) is 1. The maximum Gasteiger partial charge on any atom is 0.296 e. The number of rotatable bonds is 5. The Kier molecular flexibility index (Phi) is 5.68. The number of aliphatic hydroxyl groups is 1. The Balaban J connectivity index is 1.70. The number of benzene rings is 3. The van der Waals surface area contributed by atoms with Gasteiger partial charge in [-0.1, -0.05) is 47.7 Å². The summed E-state index contributed by atoms with van der Waals surface area (Å²) in [5, 5.41) is 10.8. The second-order valence-electron chi connectivity index (χ2n) is 8.10. The molecule has 0 spiro atoms. The topological polar surface area (TPSA) is 105 Å². The molecule has 4 aromatic rings. The zero-order valence-corrected chi connectivity index (χ0v) is 20.1. The highest BCUT2D eigenvalue weighted by Gasteiger charge is 2.46. The normalized spacial score (nSPS) is 16.2. The van der Waals surface area contributed by atoms with E-state index in [4.69, 9.17) is 0 Å². The largest absolute Gasteiger partial charge is 0.503 e. The van der Waals surface area contributed by atoms with Crippen LogP contribution in [-0.2, 0) is 14.6 Å². The van der Waals surface area contributed by atoms with Crippen LogP contribution in [-0.4, -0.2) is 36.5 Å². The number of carbonyl (C=O) groups excluding carboxylic acids is 2. The average Bonchev–Trinajstić information content (AvgIpc) is 3.36. The Labute approximate surface area is 207 Å². The van der Waals surface area contributed by atoms with E-state index in [0.717, 1.165) is 34.6 Å². The lowest BCUT2D eigenvalue weighted by Gasteiger charge is -2.24. The number of halogens is 2. The van der Waals surface area contributed by atoms with Crippen molar-refractivity contribution in [3.8, 4) is 0 Å². The predicted molar refractivity (Wildman–Crippen MR) is 130 cm³/mol. The number of ketones is 1. The van der Waals surface area contributed by atoms with Crippen LogP contribution in [0.5, 0.6) is 0 Å². The summed E-state index contributed by atoms with van der Waals surface area (Å²) in [6.45, 7) is 0. The number of hydrogen-bond acceptors (Lipinski definition) is 7. The van der Waals surface area contributed by atoms with Gasteiger partial charge in [-0.05, 0) is 24.3 Å². The molecule has 0 radical (unpaired) electrons. The molecule has 0 saturated heterocycles. The third-order valence-corrected chi connectivity index (χ3v) is 7.86. The number of aromatic nitrogens is 1. The number of sulfone groups is 1. The molecule has 7 nitrogen and oxygen atoms in total. The lowest BCUT2D eigenvalue weighted by molar-refractivity contribution is -0.117. The first-order chi connectivity index (χ1) is 17.1. The SMILES string of the molecule is CS(=O)(=O)c1ccc2nc(N3C(=O)C(O)=C(C(=O)c4ccccc4)C3c3ccc(F)cc3F)sc2c1. The van der Waals surface area contributed by atoms with E-state index in [1.165, 1.54) is 30.3 Å². The quantitative estimate of drug-likeness (QED) is 0.376. The molecule has 1 aliphatic heterocycles. The van der Waals surface area contributed by atoms with Gasteiger partial charge in [-0.25, -0.2) is 22.2 Å². The zero-order chi connectivity index (χ0) is 25.8. The van der Waals surface area contributed by atoms with Gasteiger partial charge in [-0.3, -0.25) is 14.5 Å². The maximum absolute atomic E-state index is 15.0. The summed E-state index contributed by atoms with van der Waals surface area (Å²) in [5.41, 5.74) is -0.0869. The van der Waals surface area contributed by atoms with E-state index < -0.39 is 45.0 Å². The number of fused-ring (bicyclic) bond motifs is 1. The molecule has 0 aliphatic carbocycles. The van der Waals surface area contributed by atoms with Crippen LogP contribution in [0.25, 0.3) is 10.2 Å². The van der Waals surface area contributed by atoms with Gasteiger partial charge in [0.05, 0.1) is 20.7 Å². The number of amides is 1. The zero-order valence-electron chi connectivity index (χ0n) is 18.5. The van der Waals surface area contributed by atoms with Crippen molar-refractivity contribution < 1.29 is 31.9 Å². The molecule has 2 heterocycles. The number of Topliss-reactive ketones (excluding diaryl/α,β-unsaturated/α-hetero) is 1. The minimum atomic E-state index is -3.52. The lowest BCUT2D eigenvalue weighted by atomic mass is 9.92. The average molecular weight is 527 g/mol. The second kappa shape index (κ2) is 8.61. The van der Waals surface area contributed by atoms with Gasteiger partial charge in [0.25, 0.3) is 5.91 Å². The van der Waals surface area contributed by atoms with Crippen molar-refractivity contribution in [2.24, 2.45) is 0 Å². The minimum Gasteiger partial charge on any atom is -0.503 e. The van der Waals surface area contributed by atoms with Crippen LogP contribution in [0, 0.1) is 11.6 Å². The third-order valence-electron chi connectivity index (χ3n) is 5.73. The molecule has 0 saturated carbocycles. The molecule has 36 heavy (non-hydrogen) atoms. The van der Waals surface area contributed by atoms with E-state index >= 15 is 0 Å². The van der Waals surface area contributed by atoms with E-state index in [1.54, 1.807) is 18.2 Å². The first kappa shape index (κ1) is 23.8. The van der Waals surface area contributed by atoms with Crippen molar-refractivity contribution in [1.82, 2.24) is 4.98 Å². The summed E-state index contributed by atoms with van der Waals surface area (Å²) in [7, 11) is -3.52. The Morgan fingerprint density at radius 2 is 1.78 bits per heavy atom. The molecular formula is C25H16F2N2O5S2. The standard InChI is InChI=1S/C25H16F2N2O5S2/c1-36(33,34)15-8-10-18-19(12-15)35-25(28-18)29-21(16-9-7-14(26)11-17(16)27)20(23(31)24(29)32)22(30)13-5-3-2-4-6-13/h2-12,21,31H,1H3. The summed E-state index contributed by atoms with van der Waals surface area (Å²) in [4.78, 5) is 32.0. The fraction of sp³-hybridized carbons (Fsp3) is 0.0800. The van der Waals surface area contributed by atoms with Crippen molar-refractivity contribution in [3.63, 3.8) is 0 Å². The van der Waals surface area contributed by atoms with Crippen LogP contribution in [0.3, 0.4) is 0 Å². The van der Waals surface area contributed by atoms with E-state index in [1.807, 2.05) is 0 Å². The highest BCUT2D eigenvalue weighted by atomic mass is 32.2. The number of thiazole rings is 1. The fourth-order valence-electron chi connectivity index (χ4n) is 4.02. The van der Waals surface area contributed by atoms with Gasteiger partial charge in [0, 0.05) is 23.4 Å². The van der Waals surface area contributed by atoms with Crippen molar-refractivity contribution in [2.75, 3.05) is 11.2 Å².